The molecule has 1 N–H and O–H groups in total. The van der Waals surface area contributed by atoms with Crippen molar-refractivity contribution in [3.8, 4) is 10.8 Å². The summed E-state index contributed by atoms with van der Waals surface area (Å²) in [5, 5.41) is 11.2. The topological polar surface area (TPSA) is 49.5 Å². The fourth-order valence-electron chi connectivity index (χ4n) is 2.85. The summed E-state index contributed by atoms with van der Waals surface area (Å²) in [6.45, 7) is 2.17. The van der Waals surface area contributed by atoms with Crippen LogP contribution in [0.25, 0.3) is 10.8 Å². The van der Waals surface area contributed by atoms with E-state index in [1.54, 1.807) is 17.6 Å². The molecule has 1 atom stereocenters. The number of hydrogen-bond acceptors (Lipinski definition) is 5. The van der Waals surface area contributed by atoms with Gasteiger partial charge in [0, 0.05) is 19.2 Å². The lowest BCUT2D eigenvalue weighted by Crippen LogP contribution is -2.39. The summed E-state index contributed by atoms with van der Waals surface area (Å²) in [5.74, 6) is 0.714. The van der Waals surface area contributed by atoms with E-state index in [2.05, 4.69) is 9.88 Å². The van der Waals surface area contributed by atoms with Crippen molar-refractivity contribution in [1.29, 1.82) is 0 Å². The zero-order chi connectivity index (χ0) is 13.8. The highest BCUT2D eigenvalue weighted by atomic mass is 32.1. The second-order valence-electron chi connectivity index (χ2n) is 5.25. The maximum atomic E-state index is 9.17. The van der Waals surface area contributed by atoms with Crippen LogP contribution in [0, 0.1) is 0 Å². The maximum Gasteiger partial charge on any atom is 0.236 e. The first-order chi connectivity index (χ1) is 9.86. The van der Waals surface area contributed by atoms with Crippen LogP contribution >= 0.6 is 11.3 Å². The Balaban J connectivity index is 1.67. The van der Waals surface area contributed by atoms with Crippen LogP contribution in [0.2, 0.25) is 0 Å². The van der Waals surface area contributed by atoms with E-state index in [1.807, 2.05) is 17.5 Å². The fourth-order valence-corrected chi connectivity index (χ4v) is 3.50. The number of likely N-dealkylation sites (tertiary alicyclic amines) is 1. The summed E-state index contributed by atoms with van der Waals surface area (Å²) < 4.78 is 5.57. The van der Waals surface area contributed by atoms with Crippen LogP contribution in [0.3, 0.4) is 0 Å². The molecule has 0 aliphatic carbocycles. The van der Waals surface area contributed by atoms with E-state index in [9.17, 15) is 5.11 Å². The molecule has 0 aromatic carbocycles. The lowest BCUT2D eigenvalue weighted by atomic mass is 9.99. The van der Waals surface area contributed by atoms with Gasteiger partial charge in [0.15, 0.2) is 0 Å². The molecule has 1 saturated heterocycles. The predicted octanol–water partition coefficient (Wildman–Crippen LogP) is 3.14. The molecule has 0 radical (unpaired) electrons. The Hall–Kier alpha value is -1.17. The second-order valence-corrected chi connectivity index (χ2v) is 6.20. The van der Waals surface area contributed by atoms with Gasteiger partial charge in [-0.05, 0) is 37.3 Å². The Kier molecular flexibility index (Phi) is 4.50. The number of hydrogen-bond donors (Lipinski definition) is 1. The first kappa shape index (κ1) is 13.8. The van der Waals surface area contributed by atoms with Crippen LogP contribution in [-0.4, -0.2) is 34.2 Å². The lowest BCUT2D eigenvalue weighted by molar-refractivity contribution is 0.111. The summed E-state index contributed by atoms with van der Waals surface area (Å²) in [4.78, 5) is 8.08. The van der Waals surface area contributed by atoms with Gasteiger partial charge in [-0.1, -0.05) is 12.5 Å². The van der Waals surface area contributed by atoms with E-state index in [4.69, 9.17) is 4.42 Å². The fraction of sp³-hybridized carbons (Fsp3) is 0.533. The van der Waals surface area contributed by atoms with Crippen molar-refractivity contribution >= 4 is 11.3 Å². The van der Waals surface area contributed by atoms with Gasteiger partial charge in [-0.3, -0.25) is 4.90 Å². The average Bonchev–Trinajstić information content (AvgIpc) is 3.12. The maximum absolute atomic E-state index is 9.17. The molecular weight excluding hydrogens is 272 g/mol. The summed E-state index contributed by atoms with van der Waals surface area (Å²) in [6.07, 6.45) is 6.30. The van der Waals surface area contributed by atoms with Crippen molar-refractivity contribution in [1.82, 2.24) is 9.88 Å². The molecule has 0 amide bonds. The van der Waals surface area contributed by atoms with Gasteiger partial charge < -0.3 is 9.52 Å². The Bertz CT molecular complexity index is 522. The van der Waals surface area contributed by atoms with Gasteiger partial charge in [0.25, 0.3) is 0 Å². The predicted molar refractivity (Wildman–Crippen MR) is 79.6 cm³/mol. The largest absolute Gasteiger partial charge is 0.444 e. The monoisotopic (exact) mass is 292 g/mol. The van der Waals surface area contributed by atoms with E-state index < -0.39 is 0 Å². The third kappa shape index (κ3) is 3.11. The van der Waals surface area contributed by atoms with E-state index >= 15 is 0 Å². The van der Waals surface area contributed by atoms with Crippen molar-refractivity contribution in [2.45, 2.75) is 38.3 Å². The van der Waals surface area contributed by atoms with Crippen molar-refractivity contribution in [2.75, 3.05) is 13.2 Å². The number of aliphatic hydroxyl groups is 1. The van der Waals surface area contributed by atoms with Crippen LogP contribution in [0.5, 0.6) is 0 Å². The zero-order valence-corrected chi connectivity index (χ0v) is 12.3. The number of nitrogens with zero attached hydrogens (tertiary/aromatic N) is 2. The highest BCUT2D eigenvalue weighted by molar-refractivity contribution is 7.13. The minimum atomic E-state index is 0.264. The molecule has 0 spiro atoms. The Labute approximate surface area is 123 Å². The third-order valence-electron chi connectivity index (χ3n) is 3.86. The highest BCUT2D eigenvalue weighted by Crippen LogP contribution is 2.26. The number of rotatable bonds is 5. The Morgan fingerprint density at radius 2 is 2.40 bits per heavy atom. The first-order valence-electron chi connectivity index (χ1n) is 7.20. The second kappa shape index (κ2) is 6.52. The van der Waals surface area contributed by atoms with E-state index in [1.165, 1.54) is 19.3 Å². The number of aliphatic hydroxyl groups excluding tert-OH is 1. The molecule has 0 saturated carbocycles. The van der Waals surface area contributed by atoms with Crippen LogP contribution < -0.4 is 0 Å². The normalized spacial score (nSPS) is 20.4. The highest BCUT2D eigenvalue weighted by Gasteiger charge is 2.23. The van der Waals surface area contributed by atoms with Crippen LogP contribution in [0.15, 0.2) is 28.2 Å². The first-order valence-corrected chi connectivity index (χ1v) is 8.08. The molecular formula is C15H20N2O2S. The molecule has 1 aliphatic heterocycles. The molecule has 1 aliphatic rings. The molecule has 0 bridgehead atoms. The van der Waals surface area contributed by atoms with Crippen LogP contribution in [-0.2, 0) is 6.54 Å². The summed E-state index contributed by atoms with van der Waals surface area (Å²) in [7, 11) is 0. The number of aromatic nitrogens is 1. The van der Waals surface area contributed by atoms with Gasteiger partial charge in [0.1, 0.15) is 6.26 Å². The summed E-state index contributed by atoms with van der Waals surface area (Å²) >= 11 is 1.64. The van der Waals surface area contributed by atoms with Gasteiger partial charge in [-0.25, -0.2) is 4.98 Å². The van der Waals surface area contributed by atoms with Crippen molar-refractivity contribution in [3.63, 3.8) is 0 Å². The van der Waals surface area contributed by atoms with Gasteiger partial charge in [-0.15, -0.1) is 11.3 Å². The third-order valence-corrected chi connectivity index (χ3v) is 4.72. The quantitative estimate of drug-likeness (QED) is 0.920. The van der Waals surface area contributed by atoms with E-state index in [0.717, 1.165) is 30.1 Å². The van der Waals surface area contributed by atoms with Crippen molar-refractivity contribution in [2.24, 2.45) is 0 Å². The smallest absolute Gasteiger partial charge is 0.236 e. The Morgan fingerprint density at radius 1 is 1.45 bits per heavy atom. The van der Waals surface area contributed by atoms with Crippen molar-refractivity contribution < 1.29 is 9.52 Å². The molecule has 3 rings (SSSR count). The summed E-state index contributed by atoms with van der Waals surface area (Å²) in [6, 6.07) is 4.51. The van der Waals surface area contributed by atoms with Gasteiger partial charge in [0.2, 0.25) is 5.89 Å². The van der Waals surface area contributed by atoms with Gasteiger partial charge in [-0.2, -0.15) is 0 Å². The Morgan fingerprint density at radius 3 is 3.20 bits per heavy atom. The molecule has 20 heavy (non-hydrogen) atoms. The number of oxazole rings is 1. The summed E-state index contributed by atoms with van der Waals surface area (Å²) in [5.41, 5.74) is 0.984. The molecule has 3 heterocycles. The minimum Gasteiger partial charge on any atom is -0.444 e. The van der Waals surface area contributed by atoms with Crippen molar-refractivity contribution in [3.05, 3.63) is 29.5 Å². The van der Waals surface area contributed by atoms with Crippen LogP contribution in [0.1, 0.15) is 31.4 Å². The molecule has 108 valence electrons. The minimum absolute atomic E-state index is 0.264. The number of piperidine rings is 1. The standard InChI is InChI=1S/C15H20N2O2S/c18-8-6-13-4-1-2-7-17(13)10-12-11-19-15(16-12)14-5-3-9-20-14/h3,5,9,11,13,18H,1-2,4,6-8,10H2. The SMILES string of the molecule is OCCC1CCCCN1Cc1coc(-c2cccs2)n1. The van der Waals surface area contributed by atoms with E-state index in [0.29, 0.717) is 11.9 Å². The molecule has 4 nitrogen and oxygen atoms in total. The molecule has 1 fully saturated rings. The molecule has 1 unspecified atom stereocenters. The van der Waals surface area contributed by atoms with Crippen LogP contribution in [0.4, 0.5) is 0 Å². The lowest BCUT2D eigenvalue weighted by Gasteiger charge is -2.34. The zero-order valence-electron chi connectivity index (χ0n) is 11.5. The number of thiophene rings is 1. The molecule has 2 aromatic heterocycles. The van der Waals surface area contributed by atoms with Gasteiger partial charge in [0.05, 0.1) is 10.6 Å². The molecule has 5 heteroatoms. The van der Waals surface area contributed by atoms with Gasteiger partial charge >= 0.3 is 0 Å². The average molecular weight is 292 g/mol. The van der Waals surface area contributed by atoms with E-state index in [-0.39, 0.29) is 6.61 Å². The molecule has 2 aromatic rings.